The summed E-state index contributed by atoms with van der Waals surface area (Å²) in [6.45, 7) is 7.75. The highest BCUT2D eigenvalue weighted by Gasteiger charge is 2.33. The van der Waals surface area contributed by atoms with E-state index in [0.29, 0.717) is 24.6 Å². The predicted octanol–water partition coefficient (Wildman–Crippen LogP) is 1.34. The molecular formula is C19H30N4O3. The lowest BCUT2D eigenvalue weighted by atomic mass is 9.78. The van der Waals surface area contributed by atoms with Gasteiger partial charge in [0.25, 0.3) is 0 Å². The van der Waals surface area contributed by atoms with E-state index in [1.165, 1.54) is 0 Å². The maximum Gasteiger partial charge on any atom is 0.313 e. The molecule has 1 aromatic rings. The minimum absolute atomic E-state index is 0.321. The average molecular weight is 362 g/mol. The molecule has 1 saturated carbocycles. The molecule has 0 aromatic heterocycles. The second-order valence-corrected chi connectivity index (χ2v) is 6.72. The molecule has 1 fully saturated rings. The quantitative estimate of drug-likeness (QED) is 0.576. The van der Waals surface area contributed by atoms with Crippen LogP contribution in [-0.2, 0) is 9.59 Å². The smallest absolute Gasteiger partial charge is 0.313 e. The summed E-state index contributed by atoms with van der Waals surface area (Å²) in [5.74, 6) is -0.845. The average Bonchev–Trinajstić information content (AvgIpc) is 2.63. The van der Waals surface area contributed by atoms with Crippen molar-refractivity contribution in [2.45, 2.75) is 38.6 Å². The van der Waals surface area contributed by atoms with Gasteiger partial charge in [-0.2, -0.15) is 0 Å². The summed E-state index contributed by atoms with van der Waals surface area (Å²) >= 11 is 0. The topological polar surface area (TPSA) is 96.7 Å². The number of anilines is 1. The van der Waals surface area contributed by atoms with Crippen molar-refractivity contribution in [2.24, 2.45) is 5.73 Å². The lowest BCUT2D eigenvalue weighted by Gasteiger charge is -2.37. The van der Waals surface area contributed by atoms with Gasteiger partial charge in [-0.05, 0) is 44.5 Å². The molecule has 0 saturated heterocycles. The molecule has 0 radical (unpaired) electrons. The van der Waals surface area contributed by atoms with Crippen LogP contribution in [0.1, 0.15) is 33.1 Å². The fourth-order valence-electron chi connectivity index (χ4n) is 2.84. The molecule has 2 amide bonds. The van der Waals surface area contributed by atoms with E-state index >= 15 is 0 Å². The molecule has 1 aliphatic rings. The van der Waals surface area contributed by atoms with Crippen LogP contribution in [0, 0.1) is 0 Å². The summed E-state index contributed by atoms with van der Waals surface area (Å²) in [4.78, 5) is 26.4. The van der Waals surface area contributed by atoms with Gasteiger partial charge in [-0.3, -0.25) is 9.59 Å². The fraction of sp³-hybridized carbons (Fsp3) is 0.579. The van der Waals surface area contributed by atoms with Crippen LogP contribution in [0.2, 0.25) is 0 Å². The number of ether oxygens (including phenoxy) is 1. The van der Waals surface area contributed by atoms with E-state index < -0.39 is 11.8 Å². The Balaban J connectivity index is 1.85. The van der Waals surface area contributed by atoms with Crippen LogP contribution in [0.3, 0.4) is 0 Å². The Labute approximate surface area is 155 Å². The van der Waals surface area contributed by atoms with Crippen LogP contribution in [-0.4, -0.2) is 55.0 Å². The van der Waals surface area contributed by atoms with E-state index in [1.807, 2.05) is 6.07 Å². The van der Waals surface area contributed by atoms with Gasteiger partial charge < -0.3 is 26.0 Å². The van der Waals surface area contributed by atoms with Crippen molar-refractivity contribution in [1.29, 1.82) is 0 Å². The monoisotopic (exact) mass is 362 g/mol. The summed E-state index contributed by atoms with van der Waals surface area (Å²) in [5, 5.41) is 5.23. The van der Waals surface area contributed by atoms with Crippen LogP contribution >= 0.6 is 0 Å². The molecule has 2 rings (SSSR count). The van der Waals surface area contributed by atoms with Crippen molar-refractivity contribution in [3.8, 4) is 5.75 Å². The SMILES string of the molecule is CCN(CC)CCOc1ccccc1NC(=O)C(=O)NCC1(N)CCC1. The Bertz CT molecular complexity index is 613. The van der Waals surface area contributed by atoms with E-state index in [0.717, 1.165) is 38.9 Å². The number of hydrogen-bond acceptors (Lipinski definition) is 5. The summed E-state index contributed by atoms with van der Waals surface area (Å²) in [6.07, 6.45) is 2.81. The Kier molecular flexibility index (Phi) is 7.41. The Morgan fingerprint density at radius 3 is 2.50 bits per heavy atom. The number of nitrogens with two attached hydrogens (primary N) is 1. The first-order valence-electron chi connectivity index (χ1n) is 9.29. The number of carbonyl (C=O) groups is 2. The maximum atomic E-state index is 12.1. The van der Waals surface area contributed by atoms with Gasteiger partial charge in [0.05, 0.1) is 5.69 Å². The molecule has 7 heteroatoms. The number of para-hydroxylation sites is 2. The standard InChI is InChI=1S/C19H30N4O3/c1-3-23(4-2)12-13-26-16-9-6-5-8-15(16)22-18(25)17(24)21-14-19(20)10-7-11-19/h5-6,8-9H,3-4,7,10-14,20H2,1-2H3,(H,21,24)(H,22,25). The zero-order chi connectivity index (χ0) is 19.0. The molecule has 0 aliphatic heterocycles. The first kappa shape index (κ1) is 20.2. The van der Waals surface area contributed by atoms with Crippen molar-refractivity contribution < 1.29 is 14.3 Å². The number of carbonyl (C=O) groups excluding carboxylic acids is 2. The number of benzene rings is 1. The molecule has 144 valence electrons. The number of rotatable bonds is 9. The lowest BCUT2D eigenvalue weighted by Crippen LogP contribution is -2.56. The minimum Gasteiger partial charge on any atom is -0.490 e. The highest BCUT2D eigenvalue weighted by Crippen LogP contribution is 2.28. The largest absolute Gasteiger partial charge is 0.490 e. The van der Waals surface area contributed by atoms with Gasteiger partial charge in [0.15, 0.2) is 0 Å². The Morgan fingerprint density at radius 1 is 1.19 bits per heavy atom. The van der Waals surface area contributed by atoms with Gasteiger partial charge in [0.2, 0.25) is 0 Å². The van der Waals surface area contributed by atoms with E-state index in [-0.39, 0.29) is 5.54 Å². The number of nitrogens with zero attached hydrogens (tertiary/aromatic N) is 1. The van der Waals surface area contributed by atoms with Crippen LogP contribution < -0.4 is 21.1 Å². The van der Waals surface area contributed by atoms with Gasteiger partial charge in [0, 0.05) is 18.6 Å². The van der Waals surface area contributed by atoms with Gasteiger partial charge >= 0.3 is 11.8 Å². The van der Waals surface area contributed by atoms with E-state index in [9.17, 15) is 9.59 Å². The summed E-state index contributed by atoms with van der Waals surface area (Å²) < 4.78 is 5.78. The molecule has 7 nitrogen and oxygen atoms in total. The number of hydrogen-bond donors (Lipinski definition) is 3. The van der Waals surface area contributed by atoms with Gasteiger partial charge in [-0.15, -0.1) is 0 Å². The summed E-state index contributed by atoms with van der Waals surface area (Å²) in [5.41, 5.74) is 6.18. The third kappa shape index (κ3) is 5.71. The molecule has 0 unspecified atom stereocenters. The van der Waals surface area contributed by atoms with Crippen molar-refractivity contribution in [2.75, 3.05) is 38.1 Å². The third-order valence-electron chi connectivity index (χ3n) is 4.85. The molecule has 0 bridgehead atoms. The highest BCUT2D eigenvalue weighted by atomic mass is 16.5. The molecule has 1 aliphatic carbocycles. The molecule has 0 spiro atoms. The van der Waals surface area contributed by atoms with E-state index in [2.05, 4.69) is 29.4 Å². The summed E-state index contributed by atoms with van der Waals surface area (Å²) in [7, 11) is 0. The molecule has 0 heterocycles. The zero-order valence-corrected chi connectivity index (χ0v) is 15.7. The molecule has 26 heavy (non-hydrogen) atoms. The second kappa shape index (κ2) is 9.54. The predicted molar refractivity (Wildman–Crippen MR) is 102 cm³/mol. The molecular weight excluding hydrogens is 332 g/mol. The summed E-state index contributed by atoms with van der Waals surface area (Å²) in [6, 6.07) is 7.11. The molecule has 4 N–H and O–H groups in total. The van der Waals surface area contributed by atoms with Gasteiger partial charge in [0.1, 0.15) is 12.4 Å². The van der Waals surface area contributed by atoms with Crippen LogP contribution in [0.4, 0.5) is 5.69 Å². The number of likely N-dealkylation sites (N-methyl/N-ethyl adjacent to an activating group) is 1. The third-order valence-corrected chi connectivity index (χ3v) is 4.85. The van der Waals surface area contributed by atoms with Crippen LogP contribution in [0.5, 0.6) is 5.75 Å². The first-order chi connectivity index (χ1) is 12.5. The second-order valence-electron chi connectivity index (χ2n) is 6.72. The lowest BCUT2D eigenvalue weighted by molar-refractivity contribution is -0.136. The van der Waals surface area contributed by atoms with Crippen LogP contribution in [0.15, 0.2) is 24.3 Å². The number of amides is 2. The highest BCUT2D eigenvalue weighted by molar-refractivity contribution is 6.39. The van der Waals surface area contributed by atoms with Crippen molar-refractivity contribution >= 4 is 17.5 Å². The van der Waals surface area contributed by atoms with Gasteiger partial charge in [-0.25, -0.2) is 0 Å². The molecule has 1 aromatic carbocycles. The number of nitrogens with one attached hydrogen (secondary N) is 2. The van der Waals surface area contributed by atoms with Crippen molar-refractivity contribution in [1.82, 2.24) is 10.2 Å². The Hall–Kier alpha value is -2.12. The van der Waals surface area contributed by atoms with Crippen molar-refractivity contribution in [3.63, 3.8) is 0 Å². The Morgan fingerprint density at radius 2 is 1.88 bits per heavy atom. The van der Waals surface area contributed by atoms with Crippen LogP contribution in [0.25, 0.3) is 0 Å². The maximum absolute atomic E-state index is 12.1. The molecule has 0 atom stereocenters. The van der Waals surface area contributed by atoms with E-state index in [4.69, 9.17) is 10.5 Å². The minimum atomic E-state index is -0.715. The first-order valence-corrected chi connectivity index (χ1v) is 9.29. The van der Waals surface area contributed by atoms with E-state index in [1.54, 1.807) is 18.2 Å². The fourth-order valence-corrected chi connectivity index (χ4v) is 2.84. The zero-order valence-electron chi connectivity index (χ0n) is 15.7. The normalized spacial score (nSPS) is 15.2. The van der Waals surface area contributed by atoms with Crippen molar-refractivity contribution in [3.05, 3.63) is 24.3 Å². The van der Waals surface area contributed by atoms with Gasteiger partial charge in [-0.1, -0.05) is 26.0 Å².